The molecular formula is C16H20N4O2. The van der Waals surface area contributed by atoms with Gasteiger partial charge in [0.25, 0.3) is 0 Å². The van der Waals surface area contributed by atoms with Gasteiger partial charge in [0.2, 0.25) is 5.91 Å². The quantitative estimate of drug-likeness (QED) is 0.917. The van der Waals surface area contributed by atoms with Gasteiger partial charge >= 0.3 is 5.69 Å². The van der Waals surface area contributed by atoms with Crippen LogP contribution in [0.3, 0.4) is 0 Å². The van der Waals surface area contributed by atoms with Gasteiger partial charge in [-0.3, -0.25) is 9.36 Å². The molecule has 2 aliphatic rings. The molecule has 2 aromatic rings. The van der Waals surface area contributed by atoms with E-state index in [1.165, 1.54) is 6.42 Å². The van der Waals surface area contributed by atoms with Crippen molar-refractivity contribution in [2.24, 2.45) is 5.92 Å². The van der Waals surface area contributed by atoms with Crippen molar-refractivity contribution < 1.29 is 4.79 Å². The van der Waals surface area contributed by atoms with E-state index < -0.39 is 0 Å². The van der Waals surface area contributed by atoms with E-state index in [1.54, 1.807) is 10.8 Å². The number of imidazole rings is 1. The topological polar surface area (TPSA) is 71.0 Å². The van der Waals surface area contributed by atoms with E-state index in [9.17, 15) is 9.59 Å². The van der Waals surface area contributed by atoms with E-state index >= 15 is 0 Å². The number of pyridine rings is 1. The Kier molecular flexibility index (Phi) is 3.24. The summed E-state index contributed by atoms with van der Waals surface area (Å²) in [5, 5.41) is 0. The number of aromatic nitrogens is 3. The van der Waals surface area contributed by atoms with Crippen LogP contribution < -0.4 is 5.69 Å². The Bertz CT molecular complexity index is 759. The lowest BCUT2D eigenvalue weighted by Gasteiger charge is -2.37. The lowest BCUT2D eigenvalue weighted by molar-refractivity contribution is -0.139. The number of H-pyrrole nitrogens is 1. The van der Waals surface area contributed by atoms with Gasteiger partial charge in [0.15, 0.2) is 5.65 Å². The number of carbonyl (C=O) groups is 1. The van der Waals surface area contributed by atoms with E-state index in [1.807, 2.05) is 17.0 Å². The summed E-state index contributed by atoms with van der Waals surface area (Å²) >= 11 is 0. The Morgan fingerprint density at radius 2 is 2.14 bits per heavy atom. The lowest BCUT2D eigenvalue weighted by Crippen LogP contribution is -2.46. The minimum atomic E-state index is -0.128. The summed E-state index contributed by atoms with van der Waals surface area (Å²) in [6.45, 7) is 1.44. The largest absolute Gasteiger partial charge is 0.340 e. The third-order valence-corrected chi connectivity index (χ3v) is 5.00. The fourth-order valence-electron chi connectivity index (χ4n) is 3.58. The second-order valence-corrected chi connectivity index (χ2v) is 6.38. The maximum Gasteiger partial charge on any atom is 0.327 e. The summed E-state index contributed by atoms with van der Waals surface area (Å²) in [7, 11) is 0. The highest BCUT2D eigenvalue weighted by atomic mass is 16.2. The fourth-order valence-corrected chi connectivity index (χ4v) is 3.58. The molecule has 2 fully saturated rings. The van der Waals surface area contributed by atoms with E-state index in [2.05, 4.69) is 9.97 Å². The van der Waals surface area contributed by atoms with Crippen molar-refractivity contribution in [3.05, 3.63) is 28.8 Å². The molecule has 1 amide bonds. The van der Waals surface area contributed by atoms with Gasteiger partial charge in [-0.1, -0.05) is 6.42 Å². The number of piperidine rings is 1. The number of amides is 1. The Balaban J connectivity index is 1.62. The fraction of sp³-hybridized carbons (Fsp3) is 0.562. The van der Waals surface area contributed by atoms with Crippen molar-refractivity contribution >= 4 is 17.1 Å². The highest BCUT2D eigenvalue weighted by Gasteiger charge is 2.33. The molecule has 1 aliphatic heterocycles. The van der Waals surface area contributed by atoms with Crippen molar-refractivity contribution in [1.82, 2.24) is 19.4 Å². The van der Waals surface area contributed by atoms with Gasteiger partial charge in [-0.05, 0) is 37.8 Å². The van der Waals surface area contributed by atoms with Crippen LogP contribution in [-0.4, -0.2) is 38.4 Å². The summed E-state index contributed by atoms with van der Waals surface area (Å²) in [6.07, 6.45) is 6.77. The second-order valence-electron chi connectivity index (χ2n) is 6.38. The van der Waals surface area contributed by atoms with Gasteiger partial charge < -0.3 is 9.88 Å². The molecule has 2 aromatic heterocycles. The molecule has 3 heterocycles. The first-order chi connectivity index (χ1) is 10.7. The normalized spacial score (nSPS) is 22.7. The zero-order chi connectivity index (χ0) is 15.1. The molecule has 6 heteroatoms. The molecule has 0 spiro atoms. The van der Waals surface area contributed by atoms with E-state index in [0.717, 1.165) is 37.7 Å². The van der Waals surface area contributed by atoms with Crippen LogP contribution in [0.5, 0.6) is 0 Å². The van der Waals surface area contributed by atoms with Gasteiger partial charge in [-0.2, -0.15) is 0 Å². The number of nitrogens with one attached hydrogen (secondary N) is 1. The third-order valence-electron chi connectivity index (χ3n) is 5.00. The minimum absolute atomic E-state index is 0.0222. The molecule has 1 saturated carbocycles. The summed E-state index contributed by atoms with van der Waals surface area (Å²) in [5.41, 5.74) is 1.32. The van der Waals surface area contributed by atoms with Gasteiger partial charge in [0.05, 0.1) is 11.6 Å². The van der Waals surface area contributed by atoms with Crippen LogP contribution in [0.2, 0.25) is 0 Å². The van der Waals surface area contributed by atoms with E-state index in [0.29, 0.717) is 12.2 Å². The molecule has 116 valence electrons. The molecule has 0 bridgehead atoms. The number of fused-ring (bicyclic) bond motifs is 1. The van der Waals surface area contributed by atoms with Crippen LogP contribution >= 0.6 is 0 Å². The number of rotatable bonds is 2. The maximum absolute atomic E-state index is 12.5. The highest BCUT2D eigenvalue weighted by molar-refractivity contribution is 5.79. The van der Waals surface area contributed by atoms with Gasteiger partial charge in [-0.15, -0.1) is 0 Å². The zero-order valence-electron chi connectivity index (χ0n) is 12.5. The lowest BCUT2D eigenvalue weighted by atomic mass is 9.84. The number of likely N-dealkylation sites (tertiary alicyclic amines) is 1. The smallest absolute Gasteiger partial charge is 0.327 e. The monoisotopic (exact) mass is 300 g/mol. The Hall–Kier alpha value is -2.11. The average molecular weight is 300 g/mol. The highest BCUT2D eigenvalue weighted by Crippen LogP contribution is 2.31. The van der Waals surface area contributed by atoms with Crippen LogP contribution in [0, 0.1) is 5.92 Å². The second kappa shape index (κ2) is 5.26. The number of carbonyl (C=O) groups excluding carboxylic acids is 1. The minimum Gasteiger partial charge on any atom is -0.340 e. The first kappa shape index (κ1) is 13.5. The van der Waals surface area contributed by atoms with Crippen LogP contribution in [0.15, 0.2) is 23.1 Å². The summed E-state index contributed by atoms with van der Waals surface area (Å²) < 4.78 is 1.73. The van der Waals surface area contributed by atoms with Crippen LogP contribution in [-0.2, 0) is 4.79 Å². The maximum atomic E-state index is 12.5. The van der Waals surface area contributed by atoms with E-state index in [4.69, 9.17) is 0 Å². The Labute approximate surface area is 128 Å². The first-order valence-corrected chi connectivity index (χ1v) is 8.08. The predicted octanol–water partition coefficient (Wildman–Crippen LogP) is 1.69. The SMILES string of the molecule is O=C(C1CCC1)N1CCCC(n2c(=O)[nH]c3cccnc32)C1. The Morgan fingerprint density at radius 3 is 2.91 bits per heavy atom. The molecule has 1 unspecified atom stereocenters. The number of nitrogens with zero attached hydrogens (tertiary/aromatic N) is 3. The van der Waals surface area contributed by atoms with Crippen molar-refractivity contribution in [2.75, 3.05) is 13.1 Å². The van der Waals surface area contributed by atoms with Crippen molar-refractivity contribution in [3.8, 4) is 0 Å². The average Bonchev–Trinajstić information content (AvgIpc) is 2.81. The molecule has 1 aliphatic carbocycles. The van der Waals surface area contributed by atoms with Gasteiger partial charge in [0.1, 0.15) is 0 Å². The standard InChI is InChI=1S/C16H20N4O2/c21-15(11-4-1-5-11)19-9-3-6-12(10-19)20-14-13(18-16(20)22)7-2-8-17-14/h2,7-8,11-12H,1,3-6,9-10H2,(H,18,22). The van der Waals surface area contributed by atoms with Crippen LogP contribution in [0.25, 0.3) is 11.2 Å². The van der Waals surface area contributed by atoms with Crippen LogP contribution in [0.1, 0.15) is 38.1 Å². The molecule has 0 radical (unpaired) electrons. The molecule has 4 rings (SSSR count). The molecule has 0 aromatic carbocycles. The molecule has 6 nitrogen and oxygen atoms in total. The number of aromatic amines is 1. The zero-order valence-corrected chi connectivity index (χ0v) is 12.5. The van der Waals surface area contributed by atoms with Crippen molar-refractivity contribution in [2.45, 2.75) is 38.1 Å². The van der Waals surface area contributed by atoms with Crippen molar-refractivity contribution in [1.29, 1.82) is 0 Å². The summed E-state index contributed by atoms with van der Waals surface area (Å²) in [6, 6.07) is 3.70. The summed E-state index contributed by atoms with van der Waals surface area (Å²) in [5.74, 6) is 0.494. The Morgan fingerprint density at radius 1 is 1.27 bits per heavy atom. The molecular weight excluding hydrogens is 280 g/mol. The predicted molar refractivity (Wildman–Crippen MR) is 82.5 cm³/mol. The van der Waals surface area contributed by atoms with Gasteiger partial charge in [0, 0.05) is 25.2 Å². The molecule has 1 N–H and O–H groups in total. The van der Waals surface area contributed by atoms with Gasteiger partial charge in [-0.25, -0.2) is 9.78 Å². The third kappa shape index (κ3) is 2.14. The summed E-state index contributed by atoms with van der Waals surface area (Å²) in [4.78, 5) is 33.9. The number of hydrogen-bond donors (Lipinski definition) is 1. The number of hydrogen-bond acceptors (Lipinski definition) is 3. The first-order valence-electron chi connectivity index (χ1n) is 8.08. The van der Waals surface area contributed by atoms with E-state index in [-0.39, 0.29) is 23.6 Å². The molecule has 22 heavy (non-hydrogen) atoms. The molecule has 1 saturated heterocycles. The van der Waals surface area contributed by atoms with Crippen molar-refractivity contribution in [3.63, 3.8) is 0 Å². The molecule has 1 atom stereocenters. The van der Waals surface area contributed by atoms with Crippen LogP contribution in [0.4, 0.5) is 0 Å².